The van der Waals surface area contributed by atoms with E-state index >= 15 is 0 Å². The first-order chi connectivity index (χ1) is 12.5. The van der Waals surface area contributed by atoms with Gasteiger partial charge in [0.05, 0.1) is 17.8 Å². The van der Waals surface area contributed by atoms with Crippen LogP contribution < -0.4 is 10.6 Å². The van der Waals surface area contributed by atoms with Gasteiger partial charge in [0.15, 0.2) is 5.11 Å². The van der Waals surface area contributed by atoms with Gasteiger partial charge in [0.2, 0.25) is 0 Å². The number of halogens is 1. The highest BCUT2D eigenvalue weighted by atomic mass is 35.5. The molecular formula is C20H21ClN4S. The number of nitrogens with zero attached hydrogens (tertiary/aromatic N) is 2. The molecule has 134 valence electrons. The third kappa shape index (κ3) is 5.07. The fourth-order valence-corrected chi connectivity index (χ4v) is 3.00. The summed E-state index contributed by atoms with van der Waals surface area (Å²) in [4.78, 5) is 0. The Morgan fingerprint density at radius 2 is 1.85 bits per heavy atom. The third-order valence-electron chi connectivity index (χ3n) is 3.97. The molecule has 1 heterocycles. The Hall–Kier alpha value is -2.37. The van der Waals surface area contributed by atoms with Crippen molar-refractivity contribution in [2.24, 2.45) is 0 Å². The highest BCUT2D eigenvalue weighted by Gasteiger charge is 2.03. The van der Waals surface area contributed by atoms with Crippen LogP contribution in [0.1, 0.15) is 30.9 Å². The van der Waals surface area contributed by atoms with Crippen molar-refractivity contribution in [2.45, 2.75) is 26.3 Å². The number of benzene rings is 2. The van der Waals surface area contributed by atoms with Crippen LogP contribution in [0.3, 0.4) is 0 Å². The second kappa shape index (κ2) is 8.34. The third-order valence-corrected chi connectivity index (χ3v) is 4.37. The SMILES string of the molecule is CC(C)c1ccc(NC(=S)Nc2cccc(Cn3cc(Cl)cn3)c2)cc1. The molecule has 3 aromatic rings. The quantitative estimate of drug-likeness (QED) is 0.568. The summed E-state index contributed by atoms with van der Waals surface area (Å²) in [6.45, 7) is 5.01. The Morgan fingerprint density at radius 1 is 1.12 bits per heavy atom. The average molecular weight is 385 g/mol. The zero-order valence-electron chi connectivity index (χ0n) is 14.7. The standard InChI is InChI=1S/C20H21ClN4S/c1-14(2)16-6-8-18(9-7-16)23-20(26)24-19-5-3-4-15(10-19)12-25-13-17(21)11-22-25/h3-11,13-14H,12H2,1-2H3,(H2,23,24,26). The van der Waals surface area contributed by atoms with Gasteiger partial charge < -0.3 is 10.6 Å². The number of aromatic nitrogens is 2. The van der Waals surface area contributed by atoms with Crippen molar-refractivity contribution in [3.63, 3.8) is 0 Å². The summed E-state index contributed by atoms with van der Waals surface area (Å²) >= 11 is 11.3. The topological polar surface area (TPSA) is 41.9 Å². The van der Waals surface area contributed by atoms with Crippen molar-refractivity contribution in [2.75, 3.05) is 10.6 Å². The Balaban J connectivity index is 1.61. The Kier molecular flexibility index (Phi) is 5.91. The summed E-state index contributed by atoms with van der Waals surface area (Å²) in [6.07, 6.45) is 3.43. The van der Waals surface area contributed by atoms with Gasteiger partial charge in [-0.2, -0.15) is 5.10 Å². The van der Waals surface area contributed by atoms with Gasteiger partial charge in [0.25, 0.3) is 0 Å². The summed E-state index contributed by atoms with van der Waals surface area (Å²) in [5.74, 6) is 0.515. The lowest BCUT2D eigenvalue weighted by atomic mass is 10.0. The predicted molar refractivity (Wildman–Crippen MR) is 113 cm³/mol. The number of nitrogens with one attached hydrogen (secondary N) is 2. The van der Waals surface area contributed by atoms with Crippen molar-refractivity contribution >= 4 is 40.3 Å². The molecule has 0 aliphatic heterocycles. The number of hydrogen-bond acceptors (Lipinski definition) is 2. The molecule has 0 bridgehead atoms. The minimum Gasteiger partial charge on any atom is -0.332 e. The molecule has 26 heavy (non-hydrogen) atoms. The fourth-order valence-electron chi connectivity index (χ4n) is 2.60. The van der Waals surface area contributed by atoms with Crippen LogP contribution in [0.4, 0.5) is 11.4 Å². The molecule has 0 saturated carbocycles. The molecule has 2 N–H and O–H groups in total. The number of anilines is 2. The van der Waals surface area contributed by atoms with Crippen molar-refractivity contribution in [3.8, 4) is 0 Å². The second-order valence-corrected chi connectivity index (χ2v) is 7.26. The maximum absolute atomic E-state index is 5.91. The highest BCUT2D eigenvalue weighted by Crippen LogP contribution is 2.18. The summed E-state index contributed by atoms with van der Waals surface area (Å²) in [6, 6.07) is 16.4. The van der Waals surface area contributed by atoms with Gasteiger partial charge in [-0.15, -0.1) is 0 Å². The summed E-state index contributed by atoms with van der Waals surface area (Å²) in [5, 5.41) is 11.8. The van der Waals surface area contributed by atoms with Gasteiger partial charge in [-0.25, -0.2) is 0 Å². The molecule has 3 rings (SSSR count). The molecule has 0 spiro atoms. The lowest BCUT2D eigenvalue weighted by Gasteiger charge is -2.13. The van der Waals surface area contributed by atoms with E-state index in [1.54, 1.807) is 17.1 Å². The van der Waals surface area contributed by atoms with E-state index in [4.69, 9.17) is 23.8 Å². The normalized spacial score (nSPS) is 10.8. The van der Waals surface area contributed by atoms with E-state index < -0.39 is 0 Å². The zero-order valence-corrected chi connectivity index (χ0v) is 16.3. The molecule has 0 fully saturated rings. The van der Waals surface area contributed by atoms with Crippen LogP contribution >= 0.6 is 23.8 Å². The fraction of sp³-hybridized carbons (Fsp3) is 0.200. The van der Waals surface area contributed by atoms with Crippen LogP contribution in [0.5, 0.6) is 0 Å². The lowest BCUT2D eigenvalue weighted by molar-refractivity contribution is 0.687. The monoisotopic (exact) mass is 384 g/mol. The first-order valence-electron chi connectivity index (χ1n) is 8.44. The second-order valence-electron chi connectivity index (χ2n) is 6.41. The van der Waals surface area contributed by atoms with Gasteiger partial charge in [0.1, 0.15) is 0 Å². The zero-order chi connectivity index (χ0) is 18.5. The van der Waals surface area contributed by atoms with E-state index in [-0.39, 0.29) is 0 Å². The number of hydrogen-bond donors (Lipinski definition) is 2. The van der Waals surface area contributed by atoms with Gasteiger partial charge in [-0.3, -0.25) is 4.68 Å². The molecule has 0 unspecified atom stereocenters. The summed E-state index contributed by atoms with van der Waals surface area (Å²) < 4.78 is 1.80. The molecule has 0 aliphatic carbocycles. The van der Waals surface area contributed by atoms with Crippen LogP contribution in [-0.4, -0.2) is 14.9 Å². The highest BCUT2D eigenvalue weighted by molar-refractivity contribution is 7.80. The van der Waals surface area contributed by atoms with Crippen molar-refractivity contribution in [1.82, 2.24) is 9.78 Å². The smallest absolute Gasteiger partial charge is 0.175 e. The van der Waals surface area contributed by atoms with Crippen LogP contribution in [-0.2, 0) is 6.54 Å². The van der Waals surface area contributed by atoms with Crippen LogP contribution in [0.2, 0.25) is 5.02 Å². The molecule has 0 saturated heterocycles. The van der Waals surface area contributed by atoms with E-state index in [1.807, 2.05) is 36.4 Å². The van der Waals surface area contributed by atoms with Gasteiger partial charge in [-0.05, 0) is 53.5 Å². The summed E-state index contributed by atoms with van der Waals surface area (Å²) in [5.41, 5.74) is 4.31. The Labute approximate surface area is 164 Å². The van der Waals surface area contributed by atoms with Gasteiger partial charge in [0, 0.05) is 17.6 Å². The molecule has 4 nitrogen and oxygen atoms in total. The van der Waals surface area contributed by atoms with Gasteiger partial charge >= 0.3 is 0 Å². The lowest BCUT2D eigenvalue weighted by Crippen LogP contribution is -2.19. The van der Waals surface area contributed by atoms with Crippen molar-refractivity contribution in [1.29, 1.82) is 0 Å². The Morgan fingerprint density at radius 3 is 2.50 bits per heavy atom. The molecule has 6 heteroatoms. The average Bonchev–Trinajstić information content (AvgIpc) is 3.00. The minimum atomic E-state index is 0.515. The number of rotatable bonds is 5. The molecule has 0 aliphatic rings. The van der Waals surface area contributed by atoms with Gasteiger partial charge in [-0.1, -0.05) is 49.7 Å². The first-order valence-corrected chi connectivity index (χ1v) is 9.23. The van der Waals surface area contributed by atoms with Crippen molar-refractivity contribution in [3.05, 3.63) is 77.1 Å². The predicted octanol–water partition coefficient (Wildman–Crippen LogP) is 5.52. The summed E-state index contributed by atoms with van der Waals surface area (Å²) in [7, 11) is 0. The maximum atomic E-state index is 5.91. The molecule has 2 aromatic carbocycles. The largest absolute Gasteiger partial charge is 0.332 e. The van der Waals surface area contributed by atoms with Crippen molar-refractivity contribution < 1.29 is 0 Å². The number of thiocarbonyl (C=S) groups is 1. The van der Waals surface area contributed by atoms with E-state index in [1.165, 1.54) is 5.56 Å². The molecule has 0 radical (unpaired) electrons. The van der Waals surface area contributed by atoms with E-state index in [0.717, 1.165) is 16.9 Å². The molecule has 0 atom stereocenters. The Bertz CT molecular complexity index is 887. The van der Waals surface area contributed by atoms with E-state index in [2.05, 4.69) is 41.7 Å². The van der Waals surface area contributed by atoms with Crippen LogP contribution in [0.15, 0.2) is 60.9 Å². The minimum absolute atomic E-state index is 0.515. The molecule has 1 aromatic heterocycles. The first kappa shape index (κ1) is 18.4. The van der Waals surface area contributed by atoms with E-state index in [9.17, 15) is 0 Å². The molecular weight excluding hydrogens is 364 g/mol. The van der Waals surface area contributed by atoms with E-state index in [0.29, 0.717) is 22.6 Å². The maximum Gasteiger partial charge on any atom is 0.175 e. The van der Waals surface area contributed by atoms with Crippen LogP contribution in [0, 0.1) is 0 Å². The van der Waals surface area contributed by atoms with Crippen LogP contribution in [0.25, 0.3) is 0 Å². The molecule has 0 amide bonds.